The van der Waals surface area contributed by atoms with E-state index in [0.29, 0.717) is 38.5 Å². The molecule has 0 bridgehead atoms. The summed E-state index contributed by atoms with van der Waals surface area (Å²) in [6.45, 7) is 12.1. The smallest absolute Gasteiger partial charge is 0.228 e. The van der Waals surface area contributed by atoms with Gasteiger partial charge in [0.15, 0.2) is 11.5 Å². The summed E-state index contributed by atoms with van der Waals surface area (Å²) < 4.78 is 11.1. The third kappa shape index (κ3) is 4.20. The summed E-state index contributed by atoms with van der Waals surface area (Å²) in [5, 5.41) is 0. The molecule has 0 N–H and O–H groups in total. The lowest BCUT2D eigenvalue weighted by atomic mass is 9.93. The van der Waals surface area contributed by atoms with Gasteiger partial charge in [-0.05, 0) is 31.5 Å². The van der Waals surface area contributed by atoms with Crippen molar-refractivity contribution in [3.63, 3.8) is 0 Å². The van der Waals surface area contributed by atoms with E-state index < -0.39 is 5.41 Å². The van der Waals surface area contributed by atoms with Crippen molar-refractivity contribution in [2.75, 3.05) is 26.3 Å². The van der Waals surface area contributed by atoms with Gasteiger partial charge in [0.1, 0.15) is 13.2 Å². The van der Waals surface area contributed by atoms with Crippen molar-refractivity contribution in [3.8, 4) is 11.5 Å². The van der Waals surface area contributed by atoms with Crippen molar-refractivity contribution >= 4 is 11.8 Å². The standard InChI is InChI=1S/C21H30N2O4/c1-14-12-22(20(25)21(3,4)5)13-15(2)23(14)19(24)11-16-6-7-17-18(10-16)27-9-8-26-17/h6-7,10,14-15H,8-9,11-13H2,1-5H3. The topological polar surface area (TPSA) is 59.1 Å². The number of nitrogens with zero attached hydrogens (tertiary/aromatic N) is 2. The molecule has 6 nitrogen and oxygen atoms in total. The highest BCUT2D eigenvalue weighted by atomic mass is 16.6. The Labute approximate surface area is 161 Å². The first kappa shape index (κ1) is 19.5. The van der Waals surface area contributed by atoms with Crippen LogP contribution < -0.4 is 9.47 Å². The minimum atomic E-state index is -0.406. The molecule has 2 aliphatic heterocycles. The van der Waals surface area contributed by atoms with Crippen LogP contribution in [0.2, 0.25) is 0 Å². The minimum absolute atomic E-state index is 0.00948. The molecule has 1 fully saturated rings. The van der Waals surface area contributed by atoms with Gasteiger partial charge in [0.2, 0.25) is 11.8 Å². The van der Waals surface area contributed by atoms with Gasteiger partial charge in [0.05, 0.1) is 6.42 Å². The number of hydrogen-bond donors (Lipinski definition) is 0. The summed E-state index contributed by atoms with van der Waals surface area (Å²) in [6, 6.07) is 5.65. The number of ether oxygens (including phenoxy) is 2. The number of carbonyl (C=O) groups is 2. The van der Waals surface area contributed by atoms with E-state index in [1.807, 2.05) is 62.6 Å². The molecule has 0 radical (unpaired) electrons. The number of hydrogen-bond acceptors (Lipinski definition) is 4. The highest BCUT2D eigenvalue weighted by molar-refractivity contribution is 5.83. The van der Waals surface area contributed by atoms with Gasteiger partial charge in [-0.3, -0.25) is 9.59 Å². The maximum absolute atomic E-state index is 13.0. The van der Waals surface area contributed by atoms with E-state index in [0.717, 1.165) is 11.3 Å². The number of carbonyl (C=O) groups excluding carboxylic acids is 2. The van der Waals surface area contributed by atoms with Crippen LogP contribution in [0.5, 0.6) is 11.5 Å². The zero-order valence-corrected chi connectivity index (χ0v) is 16.9. The summed E-state index contributed by atoms with van der Waals surface area (Å²) in [7, 11) is 0. The quantitative estimate of drug-likeness (QED) is 0.798. The van der Waals surface area contributed by atoms with Crippen LogP contribution in [0.4, 0.5) is 0 Å². The van der Waals surface area contributed by atoms with Crippen LogP contribution in [0, 0.1) is 5.41 Å². The fraction of sp³-hybridized carbons (Fsp3) is 0.619. The maximum Gasteiger partial charge on any atom is 0.228 e. The van der Waals surface area contributed by atoms with Gasteiger partial charge in [0, 0.05) is 30.6 Å². The van der Waals surface area contributed by atoms with Crippen molar-refractivity contribution < 1.29 is 19.1 Å². The van der Waals surface area contributed by atoms with E-state index in [2.05, 4.69) is 0 Å². The van der Waals surface area contributed by atoms with E-state index in [9.17, 15) is 9.59 Å². The van der Waals surface area contributed by atoms with Crippen LogP contribution in [0.25, 0.3) is 0 Å². The van der Waals surface area contributed by atoms with Crippen molar-refractivity contribution in [2.45, 2.75) is 53.1 Å². The molecule has 1 aromatic rings. The number of fused-ring (bicyclic) bond motifs is 1. The van der Waals surface area contributed by atoms with Crippen LogP contribution >= 0.6 is 0 Å². The Morgan fingerprint density at radius 1 is 1.04 bits per heavy atom. The van der Waals surface area contributed by atoms with E-state index in [1.165, 1.54) is 0 Å². The summed E-state index contributed by atoms with van der Waals surface area (Å²) >= 11 is 0. The normalized spacial score (nSPS) is 22.6. The Kier molecular flexibility index (Phi) is 5.36. The zero-order chi connectivity index (χ0) is 19.8. The average Bonchev–Trinajstić information content (AvgIpc) is 2.59. The Balaban J connectivity index is 1.67. The fourth-order valence-corrected chi connectivity index (χ4v) is 3.92. The second kappa shape index (κ2) is 7.41. The third-order valence-electron chi connectivity index (χ3n) is 5.10. The number of piperazine rings is 1. The lowest BCUT2D eigenvalue weighted by molar-refractivity contribution is -0.150. The summed E-state index contributed by atoms with van der Waals surface area (Å²) in [5.74, 6) is 1.65. The molecule has 2 atom stereocenters. The van der Waals surface area contributed by atoms with Gasteiger partial charge in [-0.25, -0.2) is 0 Å². The van der Waals surface area contributed by atoms with Gasteiger partial charge >= 0.3 is 0 Å². The Hall–Kier alpha value is -2.24. The first-order valence-electron chi connectivity index (χ1n) is 9.66. The average molecular weight is 374 g/mol. The lowest BCUT2D eigenvalue weighted by Gasteiger charge is -2.46. The number of benzene rings is 1. The molecule has 2 aliphatic rings. The summed E-state index contributed by atoms with van der Waals surface area (Å²) in [6.07, 6.45) is 0.318. The number of rotatable bonds is 2. The van der Waals surface area contributed by atoms with Gasteiger partial charge in [-0.1, -0.05) is 26.8 Å². The van der Waals surface area contributed by atoms with Crippen LogP contribution in [0.15, 0.2) is 18.2 Å². The predicted octanol–water partition coefficient (Wildman–Crippen LogP) is 2.49. The van der Waals surface area contributed by atoms with Crippen LogP contribution in [-0.4, -0.2) is 60.0 Å². The Bertz CT molecular complexity index is 713. The fourth-order valence-electron chi connectivity index (χ4n) is 3.92. The van der Waals surface area contributed by atoms with Crippen LogP contribution in [-0.2, 0) is 16.0 Å². The monoisotopic (exact) mass is 374 g/mol. The van der Waals surface area contributed by atoms with Gasteiger partial charge in [-0.15, -0.1) is 0 Å². The molecular formula is C21H30N2O4. The molecule has 3 rings (SSSR count). The molecule has 0 aliphatic carbocycles. The van der Waals surface area contributed by atoms with Crippen molar-refractivity contribution in [2.24, 2.45) is 5.41 Å². The zero-order valence-electron chi connectivity index (χ0n) is 16.9. The highest BCUT2D eigenvalue weighted by Crippen LogP contribution is 2.31. The van der Waals surface area contributed by atoms with Gasteiger partial charge in [0.25, 0.3) is 0 Å². The summed E-state index contributed by atoms with van der Waals surface area (Å²) in [5.41, 5.74) is 0.508. The molecule has 0 aromatic heterocycles. The molecule has 1 aromatic carbocycles. The Morgan fingerprint density at radius 3 is 2.22 bits per heavy atom. The molecule has 0 spiro atoms. The molecule has 6 heteroatoms. The second-order valence-electron chi connectivity index (χ2n) is 8.61. The van der Waals surface area contributed by atoms with E-state index in [4.69, 9.17) is 9.47 Å². The SMILES string of the molecule is CC1CN(C(=O)C(C)(C)C)CC(C)N1C(=O)Cc1ccc2c(c1)OCCO2. The van der Waals surface area contributed by atoms with Gasteiger partial charge < -0.3 is 19.3 Å². The van der Waals surface area contributed by atoms with Gasteiger partial charge in [-0.2, -0.15) is 0 Å². The van der Waals surface area contributed by atoms with E-state index in [-0.39, 0.29) is 23.9 Å². The van der Waals surface area contributed by atoms with E-state index >= 15 is 0 Å². The first-order chi connectivity index (χ1) is 12.7. The molecule has 2 unspecified atom stereocenters. The first-order valence-corrected chi connectivity index (χ1v) is 9.66. The molecular weight excluding hydrogens is 344 g/mol. The molecule has 1 saturated heterocycles. The Morgan fingerprint density at radius 2 is 1.63 bits per heavy atom. The highest BCUT2D eigenvalue weighted by Gasteiger charge is 2.37. The molecule has 2 heterocycles. The minimum Gasteiger partial charge on any atom is -0.486 e. The van der Waals surface area contributed by atoms with Crippen LogP contribution in [0.3, 0.4) is 0 Å². The molecule has 2 amide bonds. The predicted molar refractivity (Wildman–Crippen MR) is 103 cm³/mol. The third-order valence-corrected chi connectivity index (χ3v) is 5.10. The van der Waals surface area contributed by atoms with Crippen molar-refractivity contribution in [1.82, 2.24) is 9.80 Å². The lowest BCUT2D eigenvalue weighted by Crippen LogP contribution is -2.61. The molecule has 27 heavy (non-hydrogen) atoms. The van der Waals surface area contributed by atoms with Crippen molar-refractivity contribution in [3.05, 3.63) is 23.8 Å². The largest absolute Gasteiger partial charge is 0.486 e. The maximum atomic E-state index is 13.0. The van der Waals surface area contributed by atoms with Crippen LogP contribution in [0.1, 0.15) is 40.2 Å². The number of amides is 2. The van der Waals surface area contributed by atoms with Crippen molar-refractivity contribution in [1.29, 1.82) is 0 Å². The van der Waals surface area contributed by atoms with E-state index in [1.54, 1.807) is 0 Å². The second-order valence-corrected chi connectivity index (χ2v) is 8.61. The molecule has 0 saturated carbocycles. The molecule has 148 valence electrons. The summed E-state index contributed by atoms with van der Waals surface area (Å²) in [4.78, 5) is 29.4.